The number of aromatic nitrogens is 1. The zero-order chi connectivity index (χ0) is 19.8. The molecular formula is C21H29ClN6. The Kier molecular flexibility index (Phi) is 7.51. The van der Waals surface area contributed by atoms with Crippen LogP contribution in [-0.4, -0.2) is 55.6 Å². The first-order valence-electron chi connectivity index (χ1n) is 9.79. The van der Waals surface area contributed by atoms with Crippen LogP contribution < -0.4 is 15.5 Å². The molecule has 1 aliphatic rings. The van der Waals surface area contributed by atoms with Crippen molar-refractivity contribution in [1.82, 2.24) is 20.5 Å². The summed E-state index contributed by atoms with van der Waals surface area (Å²) in [5.74, 6) is 1.81. The zero-order valence-corrected chi connectivity index (χ0v) is 17.4. The van der Waals surface area contributed by atoms with Gasteiger partial charge in [-0.2, -0.15) is 0 Å². The van der Waals surface area contributed by atoms with Crippen molar-refractivity contribution in [1.29, 1.82) is 0 Å². The molecule has 150 valence electrons. The molecule has 0 atom stereocenters. The average molecular weight is 401 g/mol. The Hall–Kier alpha value is -2.31. The standard InChI is InChI=1S/C21H29ClN6/c1-3-23-21(26-16-18-6-4-5-7-19(18)22)25-15-17-8-9-20(24-14-17)28-12-10-27(2)11-13-28/h4-9,14H,3,10-13,15-16H2,1-2H3,(H2,23,25,26). The number of rotatable bonds is 6. The molecular weight excluding hydrogens is 372 g/mol. The van der Waals surface area contributed by atoms with E-state index in [2.05, 4.69) is 56.5 Å². The molecule has 1 saturated heterocycles. The smallest absolute Gasteiger partial charge is 0.191 e. The van der Waals surface area contributed by atoms with Crippen molar-refractivity contribution in [3.05, 3.63) is 58.7 Å². The van der Waals surface area contributed by atoms with E-state index in [0.29, 0.717) is 13.1 Å². The predicted molar refractivity (Wildman–Crippen MR) is 117 cm³/mol. The molecule has 1 fully saturated rings. The number of hydrogen-bond donors (Lipinski definition) is 2. The summed E-state index contributed by atoms with van der Waals surface area (Å²) in [6.07, 6.45) is 1.93. The summed E-state index contributed by atoms with van der Waals surface area (Å²) in [6, 6.07) is 12.0. The van der Waals surface area contributed by atoms with Crippen LogP contribution in [0.5, 0.6) is 0 Å². The maximum absolute atomic E-state index is 6.23. The van der Waals surface area contributed by atoms with E-state index in [1.807, 2.05) is 30.5 Å². The van der Waals surface area contributed by atoms with Crippen molar-refractivity contribution in [2.75, 3.05) is 44.7 Å². The summed E-state index contributed by atoms with van der Waals surface area (Å²) >= 11 is 6.23. The lowest BCUT2D eigenvalue weighted by molar-refractivity contribution is 0.312. The normalized spacial score (nSPS) is 15.5. The fourth-order valence-electron chi connectivity index (χ4n) is 3.07. The van der Waals surface area contributed by atoms with E-state index in [-0.39, 0.29) is 0 Å². The average Bonchev–Trinajstić information content (AvgIpc) is 2.72. The number of likely N-dealkylation sites (N-methyl/N-ethyl adjacent to an activating group) is 1. The fourth-order valence-corrected chi connectivity index (χ4v) is 3.27. The van der Waals surface area contributed by atoms with Gasteiger partial charge < -0.3 is 20.4 Å². The van der Waals surface area contributed by atoms with E-state index in [4.69, 9.17) is 11.6 Å². The molecule has 0 saturated carbocycles. The summed E-state index contributed by atoms with van der Waals surface area (Å²) in [7, 11) is 2.16. The predicted octanol–water partition coefficient (Wildman–Crippen LogP) is 2.74. The number of nitrogens with zero attached hydrogens (tertiary/aromatic N) is 4. The molecule has 1 aliphatic heterocycles. The number of guanidine groups is 1. The van der Waals surface area contributed by atoms with Crippen LogP contribution in [0.3, 0.4) is 0 Å². The fraction of sp³-hybridized carbons (Fsp3) is 0.429. The second kappa shape index (κ2) is 10.3. The Bertz CT molecular complexity index is 769. The van der Waals surface area contributed by atoms with Crippen LogP contribution in [0.4, 0.5) is 5.82 Å². The molecule has 28 heavy (non-hydrogen) atoms. The second-order valence-corrected chi connectivity index (χ2v) is 7.36. The molecule has 6 nitrogen and oxygen atoms in total. The molecule has 2 aromatic rings. The minimum absolute atomic E-state index is 0.577. The molecule has 0 aliphatic carbocycles. The van der Waals surface area contributed by atoms with Crippen LogP contribution in [0.2, 0.25) is 5.02 Å². The van der Waals surface area contributed by atoms with Crippen LogP contribution >= 0.6 is 11.6 Å². The summed E-state index contributed by atoms with van der Waals surface area (Å²) < 4.78 is 0. The lowest BCUT2D eigenvalue weighted by Gasteiger charge is -2.33. The van der Waals surface area contributed by atoms with Crippen molar-refractivity contribution in [2.24, 2.45) is 4.99 Å². The molecule has 1 aromatic carbocycles. The van der Waals surface area contributed by atoms with E-state index in [9.17, 15) is 0 Å². The zero-order valence-electron chi connectivity index (χ0n) is 16.7. The van der Waals surface area contributed by atoms with Gasteiger partial charge in [-0.05, 0) is 37.2 Å². The van der Waals surface area contributed by atoms with Crippen LogP contribution in [0.1, 0.15) is 18.1 Å². The Morgan fingerprint density at radius 2 is 1.89 bits per heavy atom. The number of aliphatic imine (C=N–C) groups is 1. The highest BCUT2D eigenvalue weighted by molar-refractivity contribution is 6.31. The first kappa shape index (κ1) is 20.4. The van der Waals surface area contributed by atoms with Crippen LogP contribution in [0, 0.1) is 0 Å². The lowest BCUT2D eigenvalue weighted by atomic mass is 10.2. The Morgan fingerprint density at radius 3 is 2.57 bits per heavy atom. The number of piperazine rings is 1. The van der Waals surface area contributed by atoms with E-state index < -0.39 is 0 Å². The quantitative estimate of drug-likeness (QED) is 0.576. The summed E-state index contributed by atoms with van der Waals surface area (Å²) in [6.45, 7) is 8.27. The highest BCUT2D eigenvalue weighted by atomic mass is 35.5. The summed E-state index contributed by atoms with van der Waals surface area (Å²) in [5.41, 5.74) is 2.14. The molecule has 0 bridgehead atoms. The third-order valence-corrected chi connectivity index (χ3v) is 5.17. The molecule has 0 radical (unpaired) electrons. The maximum atomic E-state index is 6.23. The van der Waals surface area contributed by atoms with Crippen LogP contribution in [0.15, 0.2) is 47.6 Å². The summed E-state index contributed by atoms with van der Waals surface area (Å²) in [5, 5.41) is 7.37. The molecule has 0 spiro atoms. The van der Waals surface area contributed by atoms with Gasteiger partial charge in [-0.25, -0.2) is 9.98 Å². The largest absolute Gasteiger partial charge is 0.357 e. The highest BCUT2D eigenvalue weighted by Crippen LogP contribution is 2.15. The molecule has 0 amide bonds. The van der Waals surface area contributed by atoms with E-state index in [1.54, 1.807) is 0 Å². The van der Waals surface area contributed by atoms with Gasteiger partial charge >= 0.3 is 0 Å². The lowest BCUT2D eigenvalue weighted by Crippen LogP contribution is -2.44. The topological polar surface area (TPSA) is 55.8 Å². The van der Waals surface area contributed by atoms with Gasteiger partial charge in [-0.15, -0.1) is 0 Å². The van der Waals surface area contributed by atoms with Crippen molar-refractivity contribution < 1.29 is 0 Å². The number of benzene rings is 1. The third-order valence-electron chi connectivity index (χ3n) is 4.80. The molecule has 2 N–H and O–H groups in total. The van der Waals surface area contributed by atoms with Crippen LogP contribution in [-0.2, 0) is 13.1 Å². The first-order chi connectivity index (χ1) is 13.7. The van der Waals surface area contributed by atoms with Gasteiger partial charge in [0, 0.05) is 50.5 Å². The Balaban J connectivity index is 1.57. The molecule has 0 unspecified atom stereocenters. The van der Waals surface area contributed by atoms with Crippen molar-refractivity contribution >= 4 is 23.4 Å². The van der Waals surface area contributed by atoms with Gasteiger partial charge in [0.2, 0.25) is 0 Å². The monoisotopic (exact) mass is 400 g/mol. The van der Waals surface area contributed by atoms with Crippen molar-refractivity contribution in [2.45, 2.75) is 20.0 Å². The minimum atomic E-state index is 0.577. The number of halogens is 1. The highest BCUT2D eigenvalue weighted by Gasteiger charge is 2.14. The van der Waals surface area contributed by atoms with Gasteiger partial charge in [0.25, 0.3) is 0 Å². The maximum Gasteiger partial charge on any atom is 0.191 e. The van der Waals surface area contributed by atoms with E-state index >= 15 is 0 Å². The number of hydrogen-bond acceptors (Lipinski definition) is 4. The number of nitrogens with one attached hydrogen (secondary N) is 2. The van der Waals surface area contributed by atoms with Gasteiger partial charge in [-0.1, -0.05) is 35.9 Å². The summed E-state index contributed by atoms with van der Waals surface area (Å²) in [4.78, 5) is 14.0. The van der Waals surface area contributed by atoms with Gasteiger partial charge in [0.05, 0.1) is 6.54 Å². The molecule has 2 heterocycles. The van der Waals surface area contributed by atoms with Crippen LogP contribution in [0.25, 0.3) is 0 Å². The third kappa shape index (κ3) is 5.84. The van der Waals surface area contributed by atoms with Crippen molar-refractivity contribution in [3.63, 3.8) is 0 Å². The first-order valence-corrected chi connectivity index (χ1v) is 10.2. The minimum Gasteiger partial charge on any atom is -0.357 e. The van der Waals surface area contributed by atoms with E-state index in [1.165, 1.54) is 0 Å². The van der Waals surface area contributed by atoms with Gasteiger partial charge in [0.1, 0.15) is 5.82 Å². The Labute approximate surface area is 172 Å². The molecule has 1 aromatic heterocycles. The second-order valence-electron chi connectivity index (χ2n) is 6.96. The van der Waals surface area contributed by atoms with Gasteiger partial charge in [-0.3, -0.25) is 0 Å². The SMILES string of the molecule is CCNC(=NCc1ccc(N2CCN(C)CC2)nc1)NCc1ccccc1Cl. The number of anilines is 1. The van der Waals surface area contributed by atoms with Gasteiger partial charge in [0.15, 0.2) is 5.96 Å². The van der Waals surface area contributed by atoms with E-state index in [0.717, 1.165) is 60.7 Å². The molecule has 3 rings (SSSR count). The van der Waals surface area contributed by atoms with Crippen molar-refractivity contribution in [3.8, 4) is 0 Å². The number of pyridine rings is 1. The molecule has 7 heteroatoms. The Morgan fingerprint density at radius 1 is 1.11 bits per heavy atom.